The quantitative estimate of drug-likeness (QED) is 0.139. The lowest BCUT2D eigenvalue weighted by Gasteiger charge is -2.39. The number of hydrogen-bond donors (Lipinski definition) is 2. The van der Waals surface area contributed by atoms with Gasteiger partial charge in [-0.15, -0.1) is 0 Å². The van der Waals surface area contributed by atoms with E-state index in [4.69, 9.17) is 38.0 Å². The summed E-state index contributed by atoms with van der Waals surface area (Å²) in [4.78, 5) is 27.9. The van der Waals surface area contributed by atoms with Gasteiger partial charge in [-0.2, -0.15) is 0 Å². The van der Waals surface area contributed by atoms with Crippen molar-refractivity contribution in [2.24, 2.45) is 11.5 Å². The van der Waals surface area contributed by atoms with Gasteiger partial charge >= 0.3 is 29.7 Å². The second-order valence-electron chi connectivity index (χ2n) is 7.84. The molecule has 0 unspecified atom stereocenters. The van der Waals surface area contributed by atoms with E-state index >= 15 is 0 Å². The Kier molecular flexibility index (Phi) is 16.6. The van der Waals surface area contributed by atoms with E-state index in [1.165, 1.54) is 52.5 Å². The van der Waals surface area contributed by atoms with E-state index in [-0.39, 0.29) is 0 Å². The van der Waals surface area contributed by atoms with Gasteiger partial charge in [-0.25, -0.2) is 9.59 Å². The van der Waals surface area contributed by atoms with Crippen molar-refractivity contribution in [2.75, 3.05) is 55.7 Å². The minimum Gasteiger partial charge on any atom is -0.377 e. The van der Waals surface area contributed by atoms with Gasteiger partial charge in [0.1, 0.15) is 6.17 Å². The summed E-state index contributed by atoms with van der Waals surface area (Å²) in [5.41, 5.74) is 11.5. The number of hydrogen-bond acceptors (Lipinski definition) is 8. The smallest absolute Gasteiger partial charge is 0.377 e. The first-order valence-corrected chi connectivity index (χ1v) is 15.4. The minimum atomic E-state index is -2.81. The standard InChI is InChI=1S/C20H46N4O8Si2/c1-8-9-10-13-18(23(19(21)25)14-11-16-33(27-2,28-3)29-4)24(20(22)26)15-12-17-34(30-5,31-6)32-7/h18H,8-17H2,1-7H3,(H2,21,25)(H2,22,26). The van der Waals surface area contributed by atoms with E-state index < -0.39 is 35.8 Å². The van der Waals surface area contributed by atoms with Gasteiger partial charge in [0.25, 0.3) is 0 Å². The molecule has 0 saturated heterocycles. The largest absolute Gasteiger partial charge is 0.500 e. The van der Waals surface area contributed by atoms with E-state index in [1.807, 2.05) is 0 Å². The highest BCUT2D eigenvalue weighted by molar-refractivity contribution is 6.60. The van der Waals surface area contributed by atoms with E-state index in [0.29, 0.717) is 44.4 Å². The highest BCUT2D eigenvalue weighted by atomic mass is 28.4. The number of unbranched alkanes of at least 4 members (excludes halogenated alkanes) is 2. The third kappa shape index (κ3) is 10.2. The Hall–Kier alpha value is -1.27. The summed E-state index contributed by atoms with van der Waals surface area (Å²) in [6.45, 7) is 2.68. The number of rotatable bonds is 20. The van der Waals surface area contributed by atoms with Crippen LogP contribution >= 0.6 is 0 Å². The molecule has 202 valence electrons. The first kappa shape index (κ1) is 32.7. The van der Waals surface area contributed by atoms with Crippen molar-refractivity contribution in [3.63, 3.8) is 0 Å². The number of carbonyl (C=O) groups excluding carboxylic acids is 2. The SMILES string of the molecule is CCCCCC(N(CCC[Si](OC)(OC)OC)C(N)=O)N(CCC[Si](OC)(OC)OC)C(N)=O. The molecule has 0 aromatic heterocycles. The molecule has 0 heterocycles. The first-order chi connectivity index (χ1) is 16.1. The molecular weight excluding hydrogens is 480 g/mol. The maximum absolute atomic E-state index is 12.5. The minimum absolute atomic E-state index is 0.299. The molecule has 0 aliphatic rings. The highest BCUT2D eigenvalue weighted by Crippen LogP contribution is 2.21. The average molecular weight is 527 g/mol. The van der Waals surface area contributed by atoms with Gasteiger partial charge in [-0.1, -0.05) is 19.8 Å². The van der Waals surface area contributed by atoms with Crippen LogP contribution in [0.4, 0.5) is 9.59 Å². The maximum atomic E-state index is 12.5. The zero-order chi connectivity index (χ0) is 26.2. The van der Waals surface area contributed by atoms with Gasteiger partial charge in [0.15, 0.2) is 0 Å². The molecule has 0 fully saturated rings. The molecule has 0 aromatic rings. The van der Waals surface area contributed by atoms with Gasteiger partial charge in [-0.3, -0.25) is 0 Å². The zero-order valence-electron chi connectivity index (χ0n) is 22.0. The zero-order valence-corrected chi connectivity index (χ0v) is 24.0. The van der Waals surface area contributed by atoms with E-state index in [2.05, 4.69) is 6.92 Å². The molecule has 12 nitrogen and oxygen atoms in total. The third-order valence-electron chi connectivity index (χ3n) is 5.98. The molecule has 4 N–H and O–H groups in total. The summed E-state index contributed by atoms with van der Waals surface area (Å²) in [7, 11) is 3.61. The monoisotopic (exact) mass is 526 g/mol. The lowest BCUT2D eigenvalue weighted by atomic mass is 10.1. The second kappa shape index (κ2) is 17.2. The Morgan fingerprint density at radius 2 is 1.03 bits per heavy atom. The second-order valence-corrected chi connectivity index (χ2v) is 14.0. The Labute approximate surface area is 206 Å². The fourth-order valence-corrected chi connectivity index (χ4v) is 7.32. The molecule has 0 rings (SSSR count). The Balaban J connectivity index is 5.62. The molecule has 0 spiro atoms. The van der Waals surface area contributed by atoms with Crippen LogP contribution in [0.2, 0.25) is 12.1 Å². The van der Waals surface area contributed by atoms with Crippen molar-refractivity contribution in [1.29, 1.82) is 0 Å². The normalized spacial score (nSPS) is 12.2. The molecular formula is C20H46N4O8Si2. The fraction of sp³-hybridized carbons (Fsp3) is 0.900. The number of nitrogens with zero attached hydrogens (tertiary/aromatic N) is 2. The van der Waals surface area contributed by atoms with Crippen molar-refractivity contribution in [2.45, 2.75) is 63.7 Å². The summed E-state index contributed by atoms with van der Waals surface area (Å²) in [6, 6.07) is -0.270. The van der Waals surface area contributed by atoms with Crippen LogP contribution in [-0.2, 0) is 26.6 Å². The molecule has 0 saturated carbocycles. The number of urea groups is 2. The highest BCUT2D eigenvalue weighted by Gasteiger charge is 2.39. The molecule has 0 aromatic carbocycles. The molecule has 0 atom stereocenters. The van der Waals surface area contributed by atoms with Crippen LogP contribution in [0.5, 0.6) is 0 Å². The fourth-order valence-electron chi connectivity index (χ4n) is 3.91. The number of carbonyl (C=O) groups is 2. The number of amides is 4. The van der Waals surface area contributed by atoms with Gasteiger partial charge in [0.05, 0.1) is 0 Å². The maximum Gasteiger partial charge on any atom is 0.500 e. The summed E-state index contributed by atoms with van der Waals surface area (Å²) < 4.78 is 32.8. The van der Waals surface area contributed by atoms with Gasteiger partial charge < -0.3 is 47.8 Å². The predicted molar refractivity (Wildman–Crippen MR) is 133 cm³/mol. The molecule has 34 heavy (non-hydrogen) atoms. The summed E-state index contributed by atoms with van der Waals surface area (Å²) in [6.07, 6.45) is 3.79. The Morgan fingerprint density at radius 1 is 0.676 bits per heavy atom. The molecule has 14 heteroatoms. The van der Waals surface area contributed by atoms with Crippen LogP contribution in [-0.4, -0.2) is 101 Å². The topological polar surface area (TPSA) is 148 Å². The van der Waals surface area contributed by atoms with E-state index in [1.54, 1.807) is 0 Å². The van der Waals surface area contributed by atoms with Crippen molar-refractivity contribution in [3.05, 3.63) is 0 Å². The third-order valence-corrected chi connectivity index (χ3v) is 11.6. The summed E-state index contributed by atoms with van der Waals surface area (Å²) in [5.74, 6) is 0. The van der Waals surface area contributed by atoms with Crippen molar-refractivity contribution < 1.29 is 36.1 Å². The Morgan fingerprint density at radius 3 is 1.29 bits per heavy atom. The lowest BCUT2D eigenvalue weighted by molar-refractivity contribution is 0.0785. The van der Waals surface area contributed by atoms with Crippen LogP contribution < -0.4 is 11.5 Å². The van der Waals surface area contributed by atoms with Crippen molar-refractivity contribution in [1.82, 2.24) is 9.80 Å². The lowest BCUT2D eigenvalue weighted by Crippen LogP contribution is -2.57. The van der Waals surface area contributed by atoms with Crippen LogP contribution in [0.1, 0.15) is 45.4 Å². The number of primary amides is 2. The van der Waals surface area contributed by atoms with E-state index in [0.717, 1.165) is 19.3 Å². The van der Waals surface area contributed by atoms with Crippen LogP contribution in [0.15, 0.2) is 0 Å². The van der Waals surface area contributed by atoms with Gasteiger partial charge in [0, 0.05) is 67.8 Å². The predicted octanol–water partition coefficient (Wildman–Crippen LogP) is 2.19. The van der Waals surface area contributed by atoms with Gasteiger partial charge in [-0.05, 0) is 25.7 Å². The molecule has 0 radical (unpaired) electrons. The van der Waals surface area contributed by atoms with E-state index in [9.17, 15) is 9.59 Å². The van der Waals surface area contributed by atoms with Crippen molar-refractivity contribution in [3.8, 4) is 0 Å². The van der Waals surface area contributed by atoms with Crippen LogP contribution in [0, 0.1) is 0 Å². The van der Waals surface area contributed by atoms with Crippen LogP contribution in [0.3, 0.4) is 0 Å². The number of nitrogens with two attached hydrogens (primary N) is 2. The Bertz CT molecular complexity index is 522. The first-order valence-electron chi connectivity index (χ1n) is 11.6. The van der Waals surface area contributed by atoms with Crippen LogP contribution in [0.25, 0.3) is 0 Å². The summed E-state index contributed by atoms with van der Waals surface area (Å²) in [5, 5.41) is 0. The average Bonchev–Trinajstić information content (AvgIpc) is 2.84. The van der Waals surface area contributed by atoms with Gasteiger partial charge in [0.2, 0.25) is 0 Å². The molecule has 0 bridgehead atoms. The molecule has 4 amide bonds. The molecule has 0 aliphatic carbocycles. The summed E-state index contributed by atoms with van der Waals surface area (Å²) >= 11 is 0. The van der Waals surface area contributed by atoms with Crippen molar-refractivity contribution >= 4 is 29.7 Å². The molecule has 0 aliphatic heterocycles.